The number of alkyl halides is 1. The van der Waals surface area contributed by atoms with Gasteiger partial charge in [0.2, 0.25) is 0 Å². The summed E-state index contributed by atoms with van der Waals surface area (Å²) in [5, 5.41) is 10.3. The number of hydrogen-bond acceptors (Lipinski definition) is 3. The molecular weight excluding hydrogens is 231 g/mol. The average Bonchev–Trinajstić information content (AvgIpc) is 2.04. The van der Waals surface area contributed by atoms with Gasteiger partial charge >= 0.3 is 5.69 Å². The first-order chi connectivity index (χ1) is 5.66. The number of nitrogens with zero attached hydrogens (tertiary/aromatic N) is 2. The highest BCUT2D eigenvalue weighted by molar-refractivity contribution is 9.10. The van der Waals surface area contributed by atoms with Crippen LogP contribution in [0.2, 0.25) is 0 Å². The van der Waals surface area contributed by atoms with E-state index in [1.54, 1.807) is 0 Å². The highest BCUT2D eigenvalue weighted by atomic mass is 79.9. The first-order valence-corrected chi connectivity index (χ1v) is 3.79. The maximum atomic E-state index is 12.1. The summed E-state index contributed by atoms with van der Waals surface area (Å²) in [6.45, 7) is -0.769. The van der Waals surface area contributed by atoms with E-state index in [2.05, 4.69) is 20.9 Å². The Bertz CT molecular complexity index is 318. The van der Waals surface area contributed by atoms with Crippen LogP contribution in [0.3, 0.4) is 0 Å². The van der Waals surface area contributed by atoms with Crippen molar-refractivity contribution in [2.75, 3.05) is 0 Å². The van der Waals surface area contributed by atoms with Crippen LogP contribution in [0.5, 0.6) is 0 Å². The van der Waals surface area contributed by atoms with Crippen LogP contribution in [0, 0.1) is 10.1 Å². The van der Waals surface area contributed by atoms with Crippen LogP contribution in [0.15, 0.2) is 16.9 Å². The largest absolute Gasteiger partial charge is 0.301 e. The fraction of sp³-hybridized carbons (Fsp3) is 0.167. The molecule has 0 bridgehead atoms. The second kappa shape index (κ2) is 3.57. The van der Waals surface area contributed by atoms with Gasteiger partial charge in [0.1, 0.15) is 17.3 Å². The molecule has 0 fully saturated rings. The quantitative estimate of drug-likeness (QED) is 0.583. The van der Waals surface area contributed by atoms with Gasteiger partial charge in [-0.25, -0.2) is 4.39 Å². The van der Waals surface area contributed by atoms with E-state index in [4.69, 9.17) is 0 Å². The highest BCUT2D eigenvalue weighted by Crippen LogP contribution is 2.27. The number of pyridine rings is 1. The first kappa shape index (κ1) is 9.05. The minimum absolute atomic E-state index is 0.157. The highest BCUT2D eigenvalue weighted by Gasteiger charge is 2.15. The Kier molecular flexibility index (Phi) is 2.69. The summed E-state index contributed by atoms with van der Waals surface area (Å²) in [6.07, 6.45) is 2.32. The van der Waals surface area contributed by atoms with Gasteiger partial charge in [0, 0.05) is 11.8 Å². The molecule has 0 amide bonds. The monoisotopic (exact) mass is 234 g/mol. The summed E-state index contributed by atoms with van der Waals surface area (Å²) in [5.74, 6) is 0. The summed E-state index contributed by atoms with van der Waals surface area (Å²) >= 11 is 2.92. The smallest absolute Gasteiger partial charge is 0.258 e. The van der Waals surface area contributed by atoms with Crippen molar-refractivity contribution in [1.29, 1.82) is 0 Å². The molecule has 0 aliphatic carbocycles. The molecule has 1 aromatic heterocycles. The summed E-state index contributed by atoms with van der Waals surface area (Å²) in [6, 6.07) is 0. The molecule has 0 aliphatic rings. The Balaban J connectivity index is 3.23. The zero-order valence-electron chi connectivity index (χ0n) is 5.83. The van der Waals surface area contributed by atoms with Crippen molar-refractivity contribution < 1.29 is 9.31 Å². The number of hydrogen-bond donors (Lipinski definition) is 0. The van der Waals surface area contributed by atoms with Crippen molar-refractivity contribution >= 4 is 21.6 Å². The third-order valence-corrected chi connectivity index (χ3v) is 2.19. The van der Waals surface area contributed by atoms with Crippen LogP contribution in [-0.2, 0) is 6.67 Å². The molecule has 1 aromatic rings. The minimum Gasteiger partial charge on any atom is -0.258 e. The Hall–Kier alpha value is -1.04. The molecular formula is C6H4BrFN2O2. The van der Waals surface area contributed by atoms with Gasteiger partial charge in [-0.2, -0.15) is 0 Å². The van der Waals surface area contributed by atoms with E-state index in [-0.39, 0.29) is 15.7 Å². The van der Waals surface area contributed by atoms with Gasteiger partial charge in [0.25, 0.3) is 0 Å². The fourth-order valence-electron chi connectivity index (χ4n) is 0.696. The fourth-order valence-corrected chi connectivity index (χ4v) is 1.15. The molecule has 6 heteroatoms. The van der Waals surface area contributed by atoms with Crippen LogP contribution >= 0.6 is 15.9 Å². The number of nitro groups is 1. The predicted molar refractivity (Wildman–Crippen MR) is 43.4 cm³/mol. The maximum Gasteiger partial charge on any atom is 0.301 e. The van der Waals surface area contributed by atoms with Crippen molar-refractivity contribution in [2.24, 2.45) is 0 Å². The van der Waals surface area contributed by atoms with Crippen molar-refractivity contribution in [3.63, 3.8) is 0 Å². The third kappa shape index (κ3) is 1.58. The summed E-state index contributed by atoms with van der Waals surface area (Å²) < 4.78 is 12.3. The van der Waals surface area contributed by atoms with Crippen molar-refractivity contribution in [3.05, 3.63) is 32.5 Å². The molecule has 1 heterocycles. The summed E-state index contributed by atoms with van der Waals surface area (Å²) in [7, 11) is 0. The van der Waals surface area contributed by atoms with Gasteiger partial charge < -0.3 is 0 Å². The standard InChI is InChI=1S/C6H4BrFN2O2/c7-6-4(1-8)2-9-3-5(6)10(11)12/h2-3H,1H2. The molecule has 64 valence electrons. The van der Waals surface area contributed by atoms with Crippen molar-refractivity contribution in [3.8, 4) is 0 Å². The van der Waals surface area contributed by atoms with E-state index in [1.165, 1.54) is 6.20 Å². The minimum atomic E-state index is -0.769. The molecule has 1 rings (SSSR count). The lowest BCUT2D eigenvalue weighted by atomic mass is 10.3. The molecule has 0 radical (unpaired) electrons. The Labute approximate surface area is 75.7 Å². The zero-order valence-corrected chi connectivity index (χ0v) is 7.41. The van der Waals surface area contributed by atoms with Crippen LogP contribution in [0.1, 0.15) is 5.56 Å². The Morgan fingerprint density at radius 1 is 1.67 bits per heavy atom. The predicted octanol–water partition coefficient (Wildman–Crippen LogP) is 2.22. The van der Waals surface area contributed by atoms with E-state index in [1.807, 2.05) is 0 Å². The second-order valence-corrected chi connectivity index (χ2v) is 2.82. The van der Waals surface area contributed by atoms with Crippen molar-refractivity contribution in [2.45, 2.75) is 6.67 Å². The van der Waals surface area contributed by atoms with Gasteiger partial charge in [-0.15, -0.1) is 0 Å². The molecule has 0 N–H and O–H groups in total. The maximum absolute atomic E-state index is 12.1. The average molecular weight is 235 g/mol. The number of aromatic nitrogens is 1. The molecule has 0 aliphatic heterocycles. The van der Waals surface area contributed by atoms with E-state index < -0.39 is 11.6 Å². The molecule has 0 aromatic carbocycles. The summed E-state index contributed by atoms with van der Waals surface area (Å²) in [5.41, 5.74) is -0.0330. The van der Waals surface area contributed by atoms with E-state index in [9.17, 15) is 14.5 Å². The Morgan fingerprint density at radius 2 is 2.33 bits per heavy atom. The molecule has 4 nitrogen and oxygen atoms in total. The Morgan fingerprint density at radius 3 is 2.83 bits per heavy atom. The third-order valence-electron chi connectivity index (χ3n) is 1.27. The molecule has 0 saturated carbocycles. The summed E-state index contributed by atoms with van der Waals surface area (Å²) in [4.78, 5) is 13.2. The lowest BCUT2D eigenvalue weighted by Gasteiger charge is -1.97. The van der Waals surface area contributed by atoms with Gasteiger partial charge in [-0.3, -0.25) is 15.1 Å². The van der Waals surface area contributed by atoms with Crippen LogP contribution < -0.4 is 0 Å². The van der Waals surface area contributed by atoms with Gasteiger partial charge in [-0.1, -0.05) is 0 Å². The van der Waals surface area contributed by atoms with E-state index in [0.717, 1.165) is 6.20 Å². The lowest BCUT2D eigenvalue weighted by molar-refractivity contribution is -0.386. The molecule has 12 heavy (non-hydrogen) atoms. The second-order valence-electron chi connectivity index (χ2n) is 2.02. The van der Waals surface area contributed by atoms with Gasteiger partial charge in [-0.05, 0) is 15.9 Å². The molecule has 0 spiro atoms. The van der Waals surface area contributed by atoms with Crippen molar-refractivity contribution in [1.82, 2.24) is 4.98 Å². The van der Waals surface area contributed by atoms with E-state index >= 15 is 0 Å². The number of halogens is 2. The first-order valence-electron chi connectivity index (χ1n) is 2.99. The normalized spacial score (nSPS) is 9.83. The SMILES string of the molecule is O=[N+]([O-])c1cncc(CF)c1Br. The number of rotatable bonds is 2. The van der Waals surface area contributed by atoms with E-state index in [0.29, 0.717) is 0 Å². The van der Waals surface area contributed by atoms with Crippen LogP contribution in [-0.4, -0.2) is 9.91 Å². The molecule has 0 atom stereocenters. The molecule has 0 saturated heterocycles. The zero-order chi connectivity index (χ0) is 9.14. The van der Waals surface area contributed by atoms with Crippen LogP contribution in [0.25, 0.3) is 0 Å². The molecule has 0 unspecified atom stereocenters. The van der Waals surface area contributed by atoms with Gasteiger partial charge in [0.05, 0.1) is 4.92 Å². The lowest BCUT2D eigenvalue weighted by Crippen LogP contribution is -1.93. The van der Waals surface area contributed by atoms with Crippen LogP contribution in [0.4, 0.5) is 10.1 Å². The van der Waals surface area contributed by atoms with Gasteiger partial charge in [0.15, 0.2) is 0 Å². The topological polar surface area (TPSA) is 56.0 Å².